The lowest BCUT2D eigenvalue weighted by Crippen LogP contribution is -1.96. The van der Waals surface area contributed by atoms with Crippen molar-refractivity contribution >= 4 is 11.6 Å². The standard InChI is InChI=1S/C21H16ClN3O2/c22-21-11-16(7-9-24-21)14-26-19-5-3-15(4-6-19)10-18-12-20(27-25-18)17-2-1-8-23-13-17/h1-9,11-13H,10,14H2. The third kappa shape index (κ3) is 4.51. The van der Waals surface area contributed by atoms with Crippen LogP contribution in [0.15, 0.2) is 77.7 Å². The number of halogens is 1. The first-order valence-corrected chi connectivity index (χ1v) is 8.82. The van der Waals surface area contributed by atoms with Gasteiger partial charge in [-0.15, -0.1) is 0 Å². The van der Waals surface area contributed by atoms with Crippen molar-refractivity contribution in [3.05, 3.63) is 95.2 Å². The fourth-order valence-corrected chi connectivity index (χ4v) is 2.85. The van der Waals surface area contributed by atoms with Crippen molar-refractivity contribution < 1.29 is 9.26 Å². The molecule has 0 atom stereocenters. The number of hydrogen-bond donors (Lipinski definition) is 0. The molecule has 27 heavy (non-hydrogen) atoms. The van der Waals surface area contributed by atoms with E-state index in [1.54, 1.807) is 24.7 Å². The van der Waals surface area contributed by atoms with Gasteiger partial charge in [-0.3, -0.25) is 4.98 Å². The molecule has 6 heteroatoms. The second-order valence-electron chi connectivity index (χ2n) is 6.02. The molecule has 0 fully saturated rings. The lowest BCUT2D eigenvalue weighted by atomic mass is 10.1. The van der Waals surface area contributed by atoms with Gasteiger partial charge in [-0.25, -0.2) is 4.98 Å². The average molecular weight is 378 g/mol. The maximum Gasteiger partial charge on any atom is 0.168 e. The topological polar surface area (TPSA) is 61.0 Å². The molecule has 0 bridgehead atoms. The molecule has 0 amide bonds. The van der Waals surface area contributed by atoms with Crippen molar-refractivity contribution in [3.8, 4) is 17.1 Å². The number of hydrogen-bond acceptors (Lipinski definition) is 5. The van der Waals surface area contributed by atoms with Gasteiger partial charge in [-0.1, -0.05) is 28.9 Å². The van der Waals surface area contributed by atoms with Gasteiger partial charge >= 0.3 is 0 Å². The second kappa shape index (κ2) is 8.01. The Balaban J connectivity index is 1.37. The first kappa shape index (κ1) is 17.2. The minimum Gasteiger partial charge on any atom is -0.489 e. The Kier molecular flexibility index (Phi) is 5.12. The lowest BCUT2D eigenvalue weighted by Gasteiger charge is -2.07. The quantitative estimate of drug-likeness (QED) is 0.445. The molecule has 4 rings (SSSR count). The lowest BCUT2D eigenvalue weighted by molar-refractivity contribution is 0.306. The molecular formula is C21H16ClN3O2. The zero-order valence-electron chi connectivity index (χ0n) is 14.4. The summed E-state index contributed by atoms with van der Waals surface area (Å²) < 4.78 is 11.2. The largest absolute Gasteiger partial charge is 0.489 e. The predicted octanol–water partition coefficient (Wildman–Crippen LogP) is 4.95. The first-order chi connectivity index (χ1) is 13.3. The molecule has 3 heterocycles. The van der Waals surface area contributed by atoms with Crippen LogP contribution < -0.4 is 4.74 Å². The van der Waals surface area contributed by atoms with Crippen LogP contribution in [-0.2, 0) is 13.0 Å². The van der Waals surface area contributed by atoms with E-state index in [1.807, 2.05) is 48.5 Å². The van der Waals surface area contributed by atoms with Gasteiger partial charge in [0.1, 0.15) is 17.5 Å². The van der Waals surface area contributed by atoms with Crippen molar-refractivity contribution in [3.63, 3.8) is 0 Å². The number of ether oxygens (including phenoxy) is 1. The van der Waals surface area contributed by atoms with Crippen LogP contribution in [-0.4, -0.2) is 15.1 Å². The van der Waals surface area contributed by atoms with Crippen LogP contribution >= 0.6 is 11.6 Å². The molecule has 0 aliphatic rings. The van der Waals surface area contributed by atoms with Crippen LogP contribution in [0.4, 0.5) is 0 Å². The molecule has 0 saturated heterocycles. The molecule has 0 unspecified atom stereocenters. The highest BCUT2D eigenvalue weighted by molar-refractivity contribution is 6.29. The molecule has 0 N–H and O–H groups in total. The summed E-state index contributed by atoms with van der Waals surface area (Å²) in [6.07, 6.45) is 5.84. The molecule has 0 aliphatic carbocycles. The van der Waals surface area contributed by atoms with Gasteiger partial charge in [0.25, 0.3) is 0 Å². The number of aromatic nitrogens is 3. The molecule has 0 spiro atoms. The van der Waals surface area contributed by atoms with Crippen LogP contribution in [0.3, 0.4) is 0 Å². The SMILES string of the molecule is Clc1cc(COc2ccc(Cc3cc(-c4cccnc4)on3)cc2)ccn1. The summed E-state index contributed by atoms with van der Waals surface area (Å²) in [5.41, 5.74) is 3.88. The van der Waals surface area contributed by atoms with Crippen LogP contribution in [0.25, 0.3) is 11.3 Å². The monoisotopic (exact) mass is 377 g/mol. The van der Waals surface area contributed by atoms with E-state index in [0.29, 0.717) is 23.9 Å². The van der Waals surface area contributed by atoms with E-state index < -0.39 is 0 Å². The molecule has 0 aliphatic heterocycles. The molecule has 0 saturated carbocycles. The number of rotatable bonds is 6. The van der Waals surface area contributed by atoms with E-state index in [4.69, 9.17) is 20.9 Å². The highest BCUT2D eigenvalue weighted by Crippen LogP contribution is 2.21. The average Bonchev–Trinajstić information content (AvgIpc) is 3.17. The number of pyridine rings is 2. The van der Waals surface area contributed by atoms with Gasteiger partial charge in [0.05, 0.1) is 5.69 Å². The summed E-state index contributed by atoms with van der Waals surface area (Å²) in [6, 6.07) is 17.4. The van der Waals surface area contributed by atoms with Crippen LogP contribution in [0, 0.1) is 0 Å². The van der Waals surface area contributed by atoms with E-state index in [-0.39, 0.29) is 0 Å². The van der Waals surface area contributed by atoms with Crippen LogP contribution in [0.1, 0.15) is 16.8 Å². The third-order valence-corrected chi connectivity index (χ3v) is 4.22. The van der Waals surface area contributed by atoms with Gasteiger partial charge in [0.15, 0.2) is 5.76 Å². The Morgan fingerprint density at radius 2 is 1.85 bits per heavy atom. The third-order valence-electron chi connectivity index (χ3n) is 4.01. The Morgan fingerprint density at radius 3 is 2.63 bits per heavy atom. The molecule has 3 aromatic heterocycles. The van der Waals surface area contributed by atoms with E-state index >= 15 is 0 Å². The fourth-order valence-electron chi connectivity index (χ4n) is 2.65. The van der Waals surface area contributed by atoms with Crippen molar-refractivity contribution in [2.75, 3.05) is 0 Å². The first-order valence-electron chi connectivity index (χ1n) is 8.44. The van der Waals surface area contributed by atoms with Gasteiger partial charge in [0, 0.05) is 36.6 Å². The predicted molar refractivity (Wildman–Crippen MR) is 103 cm³/mol. The van der Waals surface area contributed by atoms with Crippen LogP contribution in [0.5, 0.6) is 5.75 Å². The Bertz CT molecular complexity index is 1020. The van der Waals surface area contributed by atoms with Crippen LogP contribution in [0.2, 0.25) is 5.15 Å². The van der Waals surface area contributed by atoms with Crippen molar-refractivity contribution in [1.82, 2.24) is 15.1 Å². The van der Waals surface area contributed by atoms with E-state index in [0.717, 1.165) is 28.1 Å². The van der Waals surface area contributed by atoms with Gasteiger partial charge in [0.2, 0.25) is 0 Å². The molecule has 0 radical (unpaired) electrons. The zero-order chi connectivity index (χ0) is 18.5. The molecular weight excluding hydrogens is 362 g/mol. The zero-order valence-corrected chi connectivity index (χ0v) is 15.1. The minimum atomic E-state index is 0.444. The highest BCUT2D eigenvalue weighted by atomic mass is 35.5. The maximum atomic E-state index is 5.88. The van der Waals surface area contributed by atoms with E-state index in [2.05, 4.69) is 15.1 Å². The van der Waals surface area contributed by atoms with E-state index in [1.165, 1.54) is 0 Å². The maximum absolute atomic E-state index is 5.88. The highest BCUT2D eigenvalue weighted by Gasteiger charge is 2.08. The smallest absolute Gasteiger partial charge is 0.168 e. The normalized spacial score (nSPS) is 10.7. The van der Waals surface area contributed by atoms with E-state index in [9.17, 15) is 0 Å². The number of benzene rings is 1. The molecule has 1 aromatic carbocycles. The van der Waals surface area contributed by atoms with Crippen molar-refractivity contribution in [2.45, 2.75) is 13.0 Å². The Morgan fingerprint density at radius 1 is 0.963 bits per heavy atom. The molecule has 5 nitrogen and oxygen atoms in total. The summed E-state index contributed by atoms with van der Waals surface area (Å²) in [5.74, 6) is 1.51. The Hall–Kier alpha value is -3.18. The minimum absolute atomic E-state index is 0.444. The van der Waals surface area contributed by atoms with Gasteiger partial charge < -0.3 is 9.26 Å². The summed E-state index contributed by atoms with van der Waals surface area (Å²) >= 11 is 5.88. The summed E-state index contributed by atoms with van der Waals surface area (Å²) in [5, 5.41) is 4.60. The van der Waals surface area contributed by atoms with Gasteiger partial charge in [-0.05, 0) is 47.5 Å². The summed E-state index contributed by atoms with van der Waals surface area (Å²) in [6.45, 7) is 0.444. The Labute approximate surface area is 161 Å². The fraction of sp³-hybridized carbons (Fsp3) is 0.0952. The summed E-state index contributed by atoms with van der Waals surface area (Å²) in [4.78, 5) is 8.06. The van der Waals surface area contributed by atoms with Gasteiger partial charge in [-0.2, -0.15) is 0 Å². The number of nitrogens with zero attached hydrogens (tertiary/aromatic N) is 3. The summed E-state index contributed by atoms with van der Waals surface area (Å²) in [7, 11) is 0. The van der Waals surface area contributed by atoms with Crippen molar-refractivity contribution in [1.29, 1.82) is 0 Å². The molecule has 4 aromatic rings. The second-order valence-corrected chi connectivity index (χ2v) is 6.41. The molecule has 134 valence electrons. The van der Waals surface area contributed by atoms with Crippen molar-refractivity contribution in [2.24, 2.45) is 0 Å².